The summed E-state index contributed by atoms with van der Waals surface area (Å²) < 4.78 is 1.96. The molecule has 3 aromatic rings. The van der Waals surface area contributed by atoms with Gasteiger partial charge >= 0.3 is 0 Å². The van der Waals surface area contributed by atoms with Crippen molar-refractivity contribution in [2.24, 2.45) is 0 Å². The van der Waals surface area contributed by atoms with Crippen LogP contribution in [0.2, 0.25) is 5.28 Å². The molecule has 0 unspecified atom stereocenters. The monoisotopic (exact) mass is 273 g/mol. The summed E-state index contributed by atoms with van der Waals surface area (Å²) in [5, 5.41) is 3.19. The number of hydrogen-bond acceptors (Lipinski definition) is 4. The number of imidazole rings is 1. The number of nitrogens with one attached hydrogen (secondary N) is 1. The van der Waals surface area contributed by atoms with Crippen molar-refractivity contribution < 1.29 is 0 Å². The van der Waals surface area contributed by atoms with E-state index in [9.17, 15) is 0 Å². The van der Waals surface area contributed by atoms with Gasteiger partial charge in [0.25, 0.3) is 0 Å². The molecular formula is C13H12ClN5. The van der Waals surface area contributed by atoms with Gasteiger partial charge in [0.05, 0.1) is 12.9 Å². The SMILES string of the molecule is CNc1nc(Cl)nc2c1ncn2Cc1ccccc1. The van der Waals surface area contributed by atoms with Gasteiger partial charge in [0, 0.05) is 7.05 Å². The highest BCUT2D eigenvalue weighted by Gasteiger charge is 2.11. The molecule has 0 saturated carbocycles. The number of rotatable bonds is 3. The first-order valence-corrected chi connectivity index (χ1v) is 6.26. The van der Waals surface area contributed by atoms with Gasteiger partial charge in [0.1, 0.15) is 0 Å². The molecule has 0 atom stereocenters. The second-order valence-corrected chi connectivity index (χ2v) is 4.46. The van der Waals surface area contributed by atoms with Crippen molar-refractivity contribution in [1.29, 1.82) is 0 Å². The largest absolute Gasteiger partial charge is 0.371 e. The summed E-state index contributed by atoms with van der Waals surface area (Å²) in [6, 6.07) is 10.1. The van der Waals surface area contributed by atoms with Crippen LogP contribution in [0.3, 0.4) is 0 Å². The van der Waals surface area contributed by atoms with Crippen LogP contribution in [0.25, 0.3) is 11.2 Å². The third-order valence-corrected chi connectivity index (χ3v) is 3.04. The normalized spacial score (nSPS) is 10.8. The minimum absolute atomic E-state index is 0.215. The summed E-state index contributed by atoms with van der Waals surface area (Å²) >= 11 is 5.93. The molecule has 0 fully saturated rings. The molecule has 0 bridgehead atoms. The van der Waals surface area contributed by atoms with Crippen LogP contribution in [0.5, 0.6) is 0 Å². The molecule has 0 amide bonds. The standard InChI is InChI=1S/C13H12ClN5/c1-15-11-10-12(18-13(14)17-11)19(8-16-10)7-9-5-3-2-4-6-9/h2-6,8H,7H2,1H3,(H,15,17,18). The minimum atomic E-state index is 0.215. The number of benzene rings is 1. The van der Waals surface area contributed by atoms with Gasteiger partial charge in [-0.3, -0.25) is 0 Å². The number of hydrogen-bond donors (Lipinski definition) is 1. The maximum atomic E-state index is 5.93. The van der Waals surface area contributed by atoms with Gasteiger partial charge in [-0.2, -0.15) is 9.97 Å². The molecule has 0 radical (unpaired) electrons. The van der Waals surface area contributed by atoms with E-state index in [2.05, 4.69) is 32.4 Å². The molecule has 0 spiro atoms. The topological polar surface area (TPSA) is 55.6 Å². The Kier molecular flexibility index (Phi) is 3.05. The zero-order valence-electron chi connectivity index (χ0n) is 10.3. The molecule has 2 heterocycles. The van der Waals surface area contributed by atoms with Crippen molar-refractivity contribution in [3.63, 3.8) is 0 Å². The van der Waals surface area contributed by atoms with E-state index in [0.717, 1.165) is 11.2 Å². The Hall–Kier alpha value is -2.14. The number of halogens is 1. The number of anilines is 1. The summed E-state index contributed by atoms with van der Waals surface area (Å²) in [6.45, 7) is 0.702. The molecule has 2 aromatic heterocycles. The van der Waals surface area contributed by atoms with Gasteiger partial charge in [-0.25, -0.2) is 4.98 Å². The van der Waals surface area contributed by atoms with Crippen molar-refractivity contribution in [3.8, 4) is 0 Å². The maximum absolute atomic E-state index is 5.93. The van der Waals surface area contributed by atoms with Crippen LogP contribution in [-0.4, -0.2) is 26.6 Å². The van der Waals surface area contributed by atoms with Crippen molar-refractivity contribution in [2.45, 2.75) is 6.54 Å². The molecule has 0 aliphatic heterocycles. The summed E-state index contributed by atoms with van der Waals surface area (Å²) in [5.74, 6) is 0.641. The highest BCUT2D eigenvalue weighted by Crippen LogP contribution is 2.21. The quantitative estimate of drug-likeness (QED) is 0.745. The lowest BCUT2D eigenvalue weighted by molar-refractivity contribution is 0.813. The third-order valence-electron chi connectivity index (χ3n) is 2.87. The Bertz CT molecular complexity index is 708. The van der Waals surface area contributed by atoms with Gasteiger partial charge in [-0.05, 0) is 17.2 Å². The first-order chi connectivity index (χ1) is 9.28. The lowest BCUT2D eigenvalue weighted by atomic mass is 10.2. The average Bonchev–Trinajstić information content (AvgIpc) is 2.82. The van der Waals surface area contributed by atoms with E-state index < -0.39 is 0 Å². The molecule has 6 heteroatoms. The second kappa shape index (κ2) is 4.85. The summed E-state index contributed by atoms with van der Waals surface area (Å²) in [7, 11) is 1.79. The molecule has 0 saturated heterocycles. The average molecular weight is 274 g/mol. The van der Waals surface area contributed by atoms with Crippen LogP contribution < -0.4 is 5.32 Å². The Morgan fingerprint density at radius 1 is 1.21 bits per heavy atom. The van der Waals surface area contributed by atoms with E-state index in [4.69, 9.17) is 11.6 Å². The molecule has 5 nitrogen and oxygen atoms in total. The predicted octanol–water partition coefficient (Wildman–Crippen LogP) is 2.57. The zero-order chi connectivity index (χ0) is 13.2. The van der Waals surface area contributed by atoms with E-state index in [1.54, 1.807) is 13.4 Å². The number of nitrogens with zero attached hydrogens (tertiary/aromatic N) is 4. The molecular weight excluding hydrogens is 262 g/mol. The highest BCUT2D eigenvalue weighted by atomic mass is 35.5. The first-order valence-electron chi connectivity index (χ1n) is 5.88. The van der Waals surface area contributed by atoms with Crippen LogP contribution in [0.4, 0.5) is 5.82 Å². The van der Waals surface area contributed by atoms with Crippen molar-refractivity contribution in [1.82, 2.24) is 19.5 Å². The lowest BCUT2D eigenvalue weighted by Gasteiger charge is -2.05. The summed E-state index contributed by atoms with van der Waals surface area (Å²) in [4.78, 5) is 12.7. The first kappa shape index (κ1) is 11.9. The van der Waals surface area contributed by atoms with Crippen molar-refractivity contribution >= 4 is 28.6 Å². The van der Waals surface area contributed by atoms with Crippen LogP contribution in [-0.2, 0) is 6.54 Å². The van der Waals surface area contributed by atoms with Gasteiger partial charge in [-0.15, -0.1) is 0 Å². The Balaban J connectivity index is 2.08. The second-order valence-electron chi connectivity index (χ2n) is 4.12. The maximum Gasteiger partial charge on any atom is 0.226 e. The molecule has 1 aromatic carbocycles. The fraction of sp³-hybridized carbons (Fsp3) is 0.154. The van der Waals surface area contributed by atoms with E-state index in [1.165, 1.54) is 5.56 Å². The molecule has 3 rings (SSSR count). The van der Waals surface area contributed by atoms with Crippen LogP contribution in [0.1, 0.15) is 5.56 Å². The van der Waals surface area contributed by atoms with Crippen LogP contribution >= 0.6 is 11.6 Å². The Morgan fingerprint density at radius 3 is 2.74 bits per heavy atom. The molecule has 0 aliphatic rings. The zero-order valence-corrected chi connectivity index (χ0v) is 11.1. The van der Waals surface area contributed by atoms with E-state index >= 15 is 0 Å². The van der Waals surface area contributed by atoms with Gasteiger partial charge < -0.3 is 9.88 Å². The van der Waals surface area contributed by atoms with Gasteiger partial charge in [0.2, 0.25) is 5.28 Å². The van der Waals surface area contributed by atoms with Crippen molar-refractivity contribution in [2.75, 3.05) is 12.4 Å². The highest BCUT2D eigenvalue weighted by molar-refractivity contribution is 6.28. The molecule has 96 valence electrons. The Labute approximate surface area is 115 Å². The van der Waals surface area contributed by atoms with Gasteiger partial charge in [0.15, 0.2) is 17.0 Å². The third kappa shape index (κ3) is 2.24. The van der Waals surface area contributed by atoms with E-state index in [0.29, 0.717) is 12.4 Å². The summed E-state index contributed by atoms with van der Waals surface area (Å²) in [6.07, 6.45) is 1.75. The van der Waals surface area contributed by atoms with Crippen LogP contribution in [0.15, 0.2) is 36.7 Å². The van der Waals surface area contributed by atoms with Crippen LogP contribution in [0, 0.1) is 0 Å². The molecule has 19 heavy (non-hydrogen) atoms. The predicted molar refractivity (Wildman–Crippen MR) is 75.4 cm³/mol. The van der Waals surface area contributed by atoms with E-state index in [-0.39, 0.29) is 5.28 Å². The smallest absolute Gasteiger partial charge is 0.226 e. The number of aromatic nitrogens is 4. The fourth-order valence-electron chi connectivity index (χ4n) is 1.99. The van der Waals surface area contributed by atoms with Gasteiger partial charge in [-0.1, -0.05) is 30.3 Å². The lowest BCUT2D eigenvalue weighted by Crippen LogP contribution is -2.01. The Morgan fingerprint density at radius 2 is 2.00 bits per heavy atom. The summed E-state index contributed by atoms with van der Waals surface area (Å²) in [5.41, 5.74) is 2.64. The minimum Gasteiger partial charge on any atom is -0.371 e. The fourth-order valence-corrected chi connectivity index (χ4v) is 2.15. The number of fused-ring (bicyclic) bond motifs is 1. The van der Waals surface area contributed by atoms with E-state index in [1.807, 2.05) is 22.8 Å². The molecule has 1 N–H and O–H groups in total. The van der Waals surface area contributed by atoms with Crippen molar-refractivity contribution in [3.05, 3.63) is 47.5 Å². The molecule has 0 aliphatic carbocycles.